The number of carbonyl (C=O) groups is 1. The van der Waals surface area contributed by atoms with Crippen LogP contribution in [0, 0.1) is 5.92 Å². The molecule has 1 amide bonds. The van der Waals surface area contributed by atoms with E-state index >= 15 is 0 Å². The van der Waals surface area contributed by atoms with Gasteiger partial charge in [0, 0.05) is 20.0 Å². The molecule has 30 heavy (non-hydrogen) atoms. The van der Waals surface area contributed by atoms with Gasteiger partial charge in [-0.3, -0.25) is 4.79 Å². The number of carbonyl (C=O) groups excluding carboxylic acids is 1. The van der Waals surface area contributed by atoms with Gasteiger partial charge in [0.05, 0.1) is 26.3 Å². The van der Waals surface area contributed by atoms with E-state index in [1.54, 1.807) is 19.1 Å². The molecule has 1 aliphatic heterocycles. The second kappa shape index (κ2) is 11.0. The van der Waals surface area contributed by atoms with E-state index < -0.39 is 0 Å². The molecule has 2 aromatic rings. The van der Waals surface area contributed by atoms with E-state index in [0.29, 0.717) is 13.0 Å². The summed E-state index contributed by atoms with van der Waals surface area (Å²) in [7, 11) is 5.13. The largest absolute Gasteiger partial charge is 0.496 e. The molecule has 5 heteroatoms. The Hall–Kier alpha value is -2.53. The van der Waals surface area contributed by atoms with Gasteiger partial charge in [-0.25, -0.2) is 0 Å². The van der Waals surface area contributed by atoms with E-state index in [0.717, 1.165) is 49.0 Å². The van der Waals surface area contributed by atoms with Crippen molar-refractivity contribution in [3.05, 3.63) is 59.7 Å². The lowest BCUT2D eigenvalue weighted by Crippen LogP contribution is -2.37. The van der Waals surface area contributed by atoms with Crippen LogP contribution in [0.1, 0.15) is 30.4 Å². The Kier molecular flexibility index (Phi) is 8.14. The van der Waals surface area contributed by atoms with Crippen molar-refractivity contribution in [1.29, 1.82) is 0 Å². The maximum atomic E-state index is 12.7. The maximum Gasteiger partial charge on any atom is 0.223 e. The van der Waals surface area contributed by atoms with Crippen LogP contribution in [0.2, 0.25) is 0 Å². The highest BCUT2D eigenvalue weighted by atomic mass is 16.5. The number of hydrogen-bond acceptors (Lipinski definition) is 4. The first kappa shape index (κ1) is 22.2. The van der Waals surface area contributed by atoms with Crippen LogP contribution >= 0.6 is 0 Å². The fourth-order valence-corrected chi connectivity index (χ4v) is 4.22. The van der Waals surface area contributed by atoms with Gasteiger partial charge < -0.3 is 19.3 Å². The normalized spacial score (nSPS) is 15.0. The molecule has 1 saturated heterocycles. The van der Waals surface area contributed by atoms with Crippen molar-refractivity contribution >= 4 is 5.91 Å². The molecule has 0 N–H and O–H groups in total. The Morgan fingerprint density at radius 2 is 1.63 bits per heavy atom. The molecule has 0 saturated carbocycles. The highest BCUT2D eigenvalue weighted by molar-refractivity contribution is 5.76. The molecule has 0 bridgehead atoms. The predicted octanol–water partition coefficient (Wildman–Crippen LogP) is 4.01. The number of hydrogen-bond donors (Lipinski definition) is 0. The van der Waals surface area contributed by atoms with E-state index in [1.165, 1.54) is 18.4 Å². The van der Waals surface area contributed by atoms with Gasteiger partial charge in [-0.05, 0) is 56.0 Å². The molecule has 1 aliphatic rings. The summed E-state index contributed by atoms with van der Waals surface area (Å²) in [5, 5.41) is 0. The van der Waals surface area contributed by atoms with Gasteiger partial charge in [0.1, 0.15) is 11.5 Å². The Balaban J connectivity index is 1.44. The number of ether oxygens (including phenoxy) is 2. The fraction of sp³-hybridized carbons (Fsp3) is 0.480. The van der Waals surface area contributed by atoms with Crippen LogP contribution in [0.3, 0.4) is 0 Å². The van der Waals surface area contributed by atoms with Gasteiger partial charge in [-0.15, -0.1) is 0 Å². The van der Waals surface area contributed by atoms with Gasteiger partial charge in [0.15, 0.2) is 0 Å². The minimum absolute atomic E-state index is 0.148. The lowest BCUT2D eigenvalue weighted by Gasteiger charge is -2.32. The molecule has 0 unspecified atom stereocenters. The fourth-order valence-electron chi connectivity index (χ4n) is 4.22. The lowest BCUT2D eigenvalue weighted by atomic mass is 9.90. The molecule has 162 valence electrons. The van der Waals surface area contributed by atoms with E-state index in [1.807, 2.05) is 25.2 Å². The van der Waals surface area contributed by atoms with Gasteiger partial charge >= 0.3 is 0 Å². The van der Waals surface area contributed by atoms with Crippen LogP contribution in [-0.2, 0) is 17.8 Å². The molecule has 1 fully saturated rings. The molecular weight excluding hydrogens is 376 g/mol. The van der Waals surface area contributed by atoms with Crippen molar-refractivity contribution in [3.63, 3.8) is 0 Å². The van der Waals surface area contributed by atoms with Crippen molar-refractivity contribution in [2.75, 3.05) is 40.9 Å². The van der Waals surface area contributed by atoms with Crippen LogP contribution in [0.4, 0.5) is 0 Å². The standard InChI is InChI=1S/C25H34N2O3/c1-26(19-22-23(29-2)10-7-11-24(22)30-3)25(28)14-17-27-15-12-21(13-16-27)18-20-8-5-4-6-9-20/h4-11,21H,12-19H2,1-3H3. The minimum Gasteiger partial charge on any atom is -0.496 e. The highest BCUT2D eigenvalue weighted by Crippen LogP contribution is 2.29. The summed E-state index contributed by atoms with van der Waals surface area (Å²) in [5.74, 6) is 2.39. The Morgan fingerprint density at radius 1 is 1.00 bits per heavy atom. The number of rotatable bonds is 9. The number of benzene rings is 2. The van der Waals surface area contributed by atoms with Crippen molar-refractivity contribution < 1.29 is 14.3 Å². The van der Waals surface area contributed by atoms with Crippen LogP contribution in [0.5, 0.6) is 11.5 Å². The average molecular weight is 411 g/mol. The first-order chi connectivity index (χ1) is 14.6. The zero-order valence-electron chi connectivity index (χ0n) is 18.5. The summed E-state index contributed by atoms with van der Waals surface area (Å²) in [4.78, 5) is 16.9. The Labute approximate surface area is 180 Å². The zero-order valence-corrected chi connectivity index (χ0v) is 18.5. The molecule has 0 aromatic heterocycles. The summed E-state index contributed by atoms with van der Waals surface area (Å²) in [6, 6.07) is 16.4. The van der Waals surface area contributed by atoms with Crippen LogP contribution in [0.25, 0.3) is 0 Å². The third-order valence-electron chi connectivity index (χ3n) is 6.07. The molecule has 0 radical (unpaired) electrons. The molecule has 5 nitrogen and oxygen atoms in total. The molecule has 3 rings (SSSR count). The van der Waals surface area contributed by atoms with Crippen LogP contribution < -0.4 is 9.47 Å². The number of methoxy groups -OCH3 is 2. The van der Waals surface area contributed by atoms with Crippen molar-refractivity contribution in [2.24, 2.45) is 5.92 Å². The molecule has 0 atom stereocenters. The van der Waals surface area contributed by atoms with Crippen LogP contribution in [0.15, 0.2) is 48.5 Å². The summed E-state index contributed by atoms with van der Waals surface area (Å²) in [5.41, 5.74) is 2.33. The van der Waals surface area contributed by atoms with Crippen molar-refractivity contribution in [1.82, 2.24) is 9.80 Å². The molecular formula is C25H34N2O3. The highest BCUT2D eigenvalue weighted by Gasteiger charge is 2.21. The van der Waals surface area contributed by atoms with Gasteiger partial charge in [0.2, 0.25) is 5.91 Å². The third-order valence-corrected chi connectivity index (χ3v) is 6.07. The third kappa shape index (κ3) is 5.99. The first-order valence-corrected chi connectivity index (χ1v) is 10.8. The molecule has 0 aliphatic carbocycles. The van der Waals surface area contributed by atoms with E-state index in [2.05, 4.69) is 35.2 Å². The molecule has 0 spiro atoms. The number of likely N-dealkylation sites (tertiary alicyclic amines) is 1. The lowest BCUT2D eigenvalue weighted by molar-refractivity contribution is -0.130. The summed E-state index contributed by atoms with van der Waals surface area (Å²) in [6.07, 6.45) is 4.11. The summed E-state index contributed by atoms with van der Waals surface area (Å²) >= 11 is 0. The first-order valence-electron chi connectivity index (χ1n) is 10.8. The quantitative estimate of drug-likeness (QED) is 0.627. The monoisotopic (exact) mass is 410 g/mol. The second-order valence-electron chi connectivity index (χ2n) is 8.12. The zero-order chi connectivity index (χ0) is 21.3. The van der Waals surface area contributed by atoms with E-state index in [9.17, 15) is 4.79 Å². The molecule has 2 aromatic carbocycles. The van der Waals surface area contributed by atoms with Crippen molar-refractivity contribution in [2.45, 2.75) is 32.2 Å². The number of nitrogens with zero attached hydrogens (tertiary/aromatic N) is 2. The maximum absolute atomic E-state index is 12.7. The van der Waals surface area contributed by atoms with Gasteiger partial charge in [0.25, 0.3) is 0 Å². The summed E-state index contributed by atoms with van der Waals surface area (Å²) in [6.45, 7) is 3.46. The SMILES string of the molecule is COc1cccc(OC)c1CN(C)C(=O)CCN1CCC(Cc2ccccc2)CC1. The Morgan fingerprint density at radius 3 is 2.23 bits per heavy atom. The van der Waals surface area contributed by atoms with E-state index in [4.69, 9.17) is 9.47 Å². The topological polar surface area (TPSA) is 42.0 Å². The average Bonchev–Trinajstić information content (AvgIpc) is 2.79. The van der Waals surface area contributed by atoms with Gasteiger partial charge in [-0.1, -0.05) is 36.4 Å². The molecule has 1 heterocycles. The Bertz CT molecular complexity index is 779. The van der Waals surface area contributed by atoms with E-state index in [-0.39, 0.29) is 5.91 Å². The second-order valence-corrected chi connectivity index (χ2v) is 8.12. The van der Waals surface area contributed by atoms with Crippen molar-refractivity contribution in [3.8, 4) is 11.5 Å². The minimum atomic E-state index is 0.148. The number of piperidine rings is 1. The predicted molar refractivity (Wildman–Crippen MR) is 120 cm³/mol. The smallest absolute Gasteiger partial charge is 0.223 e. The van der Waals surface area contributed by atoms with Crippen LogP contribution in [-0.4, -0.2) is 56.6 Å². The summed E-state index contributed by atoms with van der Waals surface area (Å²) < 4.78 is 10.9. The van der Waals surface area contributed by atoms with Gasteiger partial charge in [-0.2, -0.15) is 0 Å². The number of amides is 1.